The molecule has 0 saturated carbocycles. The van der Waals surface area contributed by atoms with Crippen LogP contribution in [0.2, 0.25) is 0 Å². The highest BCUT2D eigenvalue weighted by Crippen LogP contribution is 2.19. The van der Waals surface area contributed by atoms with Crippen molar-refractivity contribution in [2.45, 2.75) is 46.2 Å². The standard InChI is InChI=1S/C17H23N7O2/c1-3-24-14(12-13(2)22-24)17-21-20-16(26-17)7-6-15(25)18-8-4-10-23-11-5-9-19-23/h5,9,11-12H,3-4,6-8,10H2,1-2H3,(H,18,25). The number of carbonyl (C=O) groups is 1. The highest BCUT2D eigenvalue weighted by atomic mass is 16.4. The summed E-state index contributed by atoms with van der Waals surface area (Å²) in [7, 11) is 0. The second-order valence-electron chi connectivity index (χ2n) is 5.96. The fourth-order valence-electron chi connectivity index (χ4n) is 2.63. The van der Waals surface area contributed by atoms with Gasteiger partial charge in [0.25, 0.3) is 5.89 Å². The van der Waals surface area contributed by atoms with Crippen molar-refractivity contribution in [3.63, 3.8) is 0 Å². The molecular weight excluding hydrogens is 334 g/mol. The van der Waals surface area contributed by atoms with Gasteiger partial charge >= 0.3 is 0 Å². The fourth-order valence-corrected chi connectivity index (χ4v) is 2.63. The Morgan fingerprint density at radius 3 is 3.00 bits per heavy atom. The molecule has 0 aromatic carbocycles. The summed E-state index contributed by atoms with van der Waals surface area (Å²) < 4.78 is 9.34. The summed E-state index contributed by atoms with van der Waals surface area (Å²) in [6.07, 6.45) is 5.21. The van der Waals surface area contributed by atoms with Gasteiger partial charge in [-0.25, -0.2) is 0 Å². The highest BCUT2D eigenvalue weighted by Gasteiger charge is 2.15. The monoisotopic (exact) mass is 357 g/mol. The van der Waals surface area contributed by atoms with Crippen LogP contribution in [0, 0.1) is 6.92 Å². The number of aryl methyl sites for hydroxylation is 4. The van der Waals surface area contributed by atoms with Crippen molar-refractivity contribution in [1.29, 1.82) is 0 Å². The lowest BCUT2D eigenvalue weighted by molar-refractivity contribution is -0.121. The normalized spacial score (nSPS) is 11.0. The molecule has 1 N–H and O–H groups in total. The molecular formula is C17H23N7O2. The van der Waals surface area contributed by atoms with E-state index in [0.717, 1.165) is 30.9 Å². The minimum atomic E-state index is -0.0281. The fraction of sp³-hybridized carbons (Fsp3) is 0.471. The van der Waals surface area contributed by atoms with Gasteiger partial charge in [-0.3, -0.25) is 14.2 Å². The SMILES string of the molecule is CCn1nc(C)cc1-c1nnc(CCC(=O)NCCCn2cccn2)o1. The van der Waals surface area contributed by atoms with Gasteiger partial charge in [0.15, 0.2) is 0 Å². The average Bonchev–Trinajstić information content (AvgIpc) is 3.37. The van der Waals surface area contributed by atoms with Crippen LogP contribution in [0.3, 0.4) is 0 Å². The molecule has 0 aliphatic carbocycles. The largest absolute Gasteiger partial charge is 0.419 e. The van der Waals surface area contributed by atoms with Crippen LogP contribution in [0.25, 0.3) is 11.6 Å². The molecule has 3 aromatic rings. The quantitative estimate of drug-likeness (QED) is 0.583. The average molecular weight is 357 g/mol. The van der Waals surface area contributed by atoms with Crippen molar-refractivity contribution >= 4 is 5.91 Å². The van der Waals surface area contributed by atoms with Gasteiger partial charge in [0.05, 0.1) is 5.69 Å². The number of hydrogen-bond donors (Lipinski definition) is 1. The van der Waals surface area contributed by atoms with Crippen LogP contribution < -0.4 is 5.32 Å². The van der Waals surface area contributed by atoms with Crippen molar-refractivity contribution in [2.24, 2.45) is 0 Å². The zero-order valence-corrected chi connectivity index (χ0v) is 15.1. The first-order valence-electron chi connectivity index (χ1n) is 8.77. The van der Waals surface area contributed by atoms with Gasteiger partial charge in [-0.2, -0.15) is 10.2 Å². The Balaban J connectivity index is 1.43. The summed E-state index contributed by atoms with van der Waals surface area (Å²) in [5.41, 5.74) is 1.70. The predicted octanol–water partition coefficient (Wildman–Crippen LogP) is 1.60. The summed E-state index contributed by atoms with van der Waals surface area (Å²) in [6.45, 7) is 6.04. The Morgan fingerprint density at radius 1 is 1.35 bits per heavy atom. The van der Waals surface area contributed by atoms with E-state index >= 15 is 0 Å². The maximum Gasteiger partial charge on any atom is 0.265 e. The van der Waals surface area contributed by atoms with Crippen LogP contribution in [0.15, 0.2) is 28.9 Å². The Bertz CT molecular complexity index is 835. The number of hydrogen-bond acceptors (Lipinski definition) is 6. The van der Waals surface area contributed by atoms with Crippen molar-refractivity contribution in [3.05, 3.63) is 36.1 Å². The molecule has 9 heteroatoms. The summed E-state index contributed by atoms with van der Waals surface area (Å²) >= 11 is 0. The third kappa shape index (κ3) is 4.56. The molecule has 0 bridgehead atoms. The van der Waals surface area contributed by atoms with E-state index in [-0.39, 0.29) is 5.91 Å². The minimum absolute atomic E-state index is 0.0281. The number of nitrogens with one attached hydrogen (secondary N) is 1. The van der Waals surface area contributed by atoms with Crippen molar-refractivity contribution in [3.8, 4) is 11.6 Å². The molecule has 0 spiro atoms. The molecule has 0 aliphatic rings. The first kappa shape index (κ1) is 17.8. The maximum atomic E-state index is 11.9. The van der Waals surface area contributed by atoms with Gasteiger partial charge in [0.1, 0.15) is 5.69 Å². The van der Waals surface area contributed by atoms with Crippen LogP contribution >= 0.6 is 0 Å². The number of aromatic nitrogens is 6. The van der Waals surface area contributed by atoms with Gasteiger partial charge < -0.3 is 9.73 Å². The Labute approximate surface area is 151 Å². The molecule has 0 radical (unpaired) electrons. The first-order chi connectivity index (χ1) is 12.7. The zero-order valence-electron chi connectivity index (χ0n) is 15.1. The summed E-state index contributed by atoms with van der Waals surface area (Å²) in [6, 6.07) is 3.79. The predicted molar refractivity (Wildman–Crippen MR) is 94.1 cm³/mol. The van der Waals surface area contributed by atoms with E-state index in [1.165, 1.54) is 0 Å². The summed E-state index contributed by atoms with van der Waals surface area (Å²) in [5.74, 6) is 0.856. The molecule has 0 fully saturated rings. The van der Waals surface area contributed by atoms with Crippen LogP contribution in [0.4, 0.5) is 0 Å². The second kappa shape index (κ2) is 8.41. The molecule has 0 aliphatic heterocycles. The van der Waals surface area contributed by atoms with Crippen LogP contribution in [-0.4, -0.2) is 42.2 Å². The molecule has 0 saturated heterocycles. The van der Waals surface area contributed by atoms with Crippen molar-refractivity contribution in [1.82, 2.24) is 35.1 Å². The Hall–Kier alpha value is -2.97. The van der Waals surface area contributed by atoms with Gasteiger partial charge in [-0.05, 0) is 32.4 Å². The molecule has 0 unspecified atom stereocenters. The molecule has 0 atom stereocenters. The van der Waals surface area contributed by atoms with E-state index in [2.05, 4.69) is 25.7 Å². The number of carbonyl (C=O) groups excluding carboxylic acids is 1. The van der Waals surface area contributed by atoms with E-state index < -0.39 is 0 Å². The van der Waals surface area contributed by atoms with Crippen molar-refractivity contribution < 1.29 is 9.21 Å². The molecule has 3 heterocycles. The molecule has 1 amide bonds. The molecule has 3 aromatic heterocycles. The number of amides is 1. The lowest BCUT2D eigenvalue weighted by atomic mass is 10.3. The van der Waals surface area contributed by atoms with Gasteiger partial charge in [-0.15, -0.1) is 10.2 Å². The van der Waals surface area contributed by atoms with E-state index in [4.69, 9.17) is 4.42 Å². The molecule has 3 rings (SSSR count). The van der Waals surface area contributed by atoms with Gasteiger partial charge in [-0.1, -0.05) is 0 Å². The molecule has 138 valence electrons. The zero-order chi connectivity index (χ0) is 18.4. The number of nitrogens with zero attached hydrogens (tertiary/aromatic N) is 6. The topological polar surface area (TPSA) is 104 Å². The van der Waals surface area contributed by atoms with E-state index in [9.17, 15) is 4.79 Å². The maximum absolute atomic E-state index is 11.9. The lowest BCUT2D eigenvalue weighted by Crippen LogP contribution is -2.25. The molecule has 26 heavy (non-hydrogen) atoms. The summed E-state index contributed by atoms with van der Waals surface area (Å²) in [5, 5.41) is 19.5. The van der Waals surface area contributed by atoms with E-state index in [0.29, 0.717) is 31.2 Å². The van der Waals surface area contributed by atoms with Gasteiger partial charge in [0.2, 0.25) is 11.8 Å². The van der Waals surface area contributed by atoms with E-state index in [1.54, 1.807) is 6.20 Å². The van der Waals surface area contributed by atoms with Crippen LogP contribution in [0.5, 0.6) is 0 Å². The van der Waals surface area contributed by atoms with E-state index in [1.807, 2.05) is 41.5 Å². The lowest BCUT2D eigenvalue weighted by Gasteiger charge is -2.04. The minimum Gasteiger partial charge on any atom is -0.419 e. The van der Waals surface area contributed by atoms with Crippen LogP contribution in [-0.2, 0) is 24.3 Å². The van der Waals surface area contributed by atoms with Crippen molar-refractivity contribution in [2.75, 3.05) is 6.54 Å². The smallest absolute Gasteiger partial charge is 0.265 e. The third-order valence-electron chi connectivity index (χ3n) is 3.90. The first-order valence-corrected chi connectivity index (χ1v) is 8.77. The summed E-state index contributed by atoms with van der Waals surface area (Å²) in [4.78, 5) is 11.9. The Morgan fingerprint density at radius 2 is 2.23 bits per heavy atom. The Kier molecular flexibility index (Phi) is 5.77. The highest BCUT2D eigenvalue weighted by molar-refractivity contribution is 5.75. The second-order valence-corrected chi connectivity index (χ2v) is 5.96. The van der Waals surface area contributed by atoms with Gasteiger partial charge in [0, 0.05) is 44.9 Å². The number of rotatable bonds is 9. The third-order valence-corrected chi connectivity index (χ3v) is 3.90. The van der Waals surface area contributed by atoms with Crippen LogP contribution in [0.1, 0.15) is 31.4 Å². The molecule has 9 nitrogen and oxygen atoms in total.